The standard InChI is InChI=1S/C19H26N2/c1-4-19(20)17-10-12-18(13-11-17)21(15(2)3)14-16-8-6-5-7-9-16/h5-13,15,19H,4,14,20H2,1-3H3. The Morgan fingerprint density at radius 3 is 2.10 bits per heavy atom. The summed E-state index contributed by atoms with van der Waals surface area (Å²) in [5.41, 5.74) is 9.89. The molecule has 2 N–H and O–H groups in total. The second kappa shape index (κ2) is 7.28. The molecule has 2 heteroatoms. The van der Waals surface area contributed by atoms with E-state index in [2.05, 4.69) is 80.3 Å². The van der Waals surface area contributed by atoms with Gasteiger partial charge in [0.05, 0.1) is 0 Å². The maximum atomic E-state index is 6.09. The van der Waals surface area contributed by atoms with Gasteiger partial charge >= 0.3 is 0 Å². The van der Waals surface area contributed by atoms with Crippen molar-refractivity contribution in [2.24, 2.45) is 5.73 Å². The van der Waals surface area contributed by atoms with E-state index in [4.69, 9.17) is 5.73 Å². The van der Waals surface area contributed by atoms with Crippen molar-refractivity contribution < 1.29 is 0 Å². The van der Waals surface area contributed by atoms with Crippen molar-refractivity contribution in [1.29, 1.82) is 0 Å². The van der Waals surface area contributed by atoms with E-state index in [-0.39, 0.29) is 6.04 Å². The predicted molar refractivity (Wildman–Crippen MR) is 91.4 cm³/mol. The average Bonchev–Trinajstić information content (AvgIpc) is 2.53. The third-order valence-electron chi connectivity index (χ3n) is 3.91. The van der Waals surface area contributed by atoms with Crippen molar-refractivity contribution in [2.45, 2.75) is 45.8 Å². The van der Waals surface area contributed by atoms with Gasteiger partial charge in [-0.05, 0) is 43.5 Å². The van der Waals surface area contributed by atoms with Crippen molar-refractivity contribution in [3.8, 4) is 0 Å². The number of anilines is 1. The third kappa shape index (κ3) is 4.08. The molecule has 2 rings (SSSR count). The molecule has 2 aromatic carbocycles. The molecule has 0 spiro atoms. The van der Waals surface area contributed by atoms with Gasteiger partial charge in [0, 0.05) is 24.3 Å². The van der Waals surface area contributed by atoms with Crippen LogP contribution in [0, 0.1) is 0 Å². The molecule has 0 amide bonds. The minimum absolute atomic E-state index is 0.140. The zero-order chi connectivity index (χ0) is 15.2. The first kappa shape index (κ1) is 15.6. The molecule has 2 nitrogen and oxygen atoms in total. The van der Waals surface area contributed by atoms with Crippen molar-refractivity contribution in [3.05, 3.63) is 65.7 Å². The molecule has 0 aliphatic carbocycles. The summed E-state index contributed by atoms with van der Waals surface area (Å²) in [7, 11) is 0. The molecule has 0 bridgehead atoms. The Morgan fingerprint density at radius 2 is 1.57 bits per heavy atom. The molecule has 0 heterocycles. The highest BCUT2D eigenvalue weighted by Gasteiger charge is 2.12. The predicted octanol–water partition coefficient (Wildman–Crippen LogP) is 4.51. The van der Waals surface area contributed by atoms with Crippen LogP contribution in [0.2, 0.25) is 0 Å². The highest BCUT2D eigenvalue weighted by atomic mass is 15.1. The van der Waals surface area contributed by atoms with Gasteiger partial charge in [0.1, 0.15) is 0 Å². The van der Waals surface area contributed by atoms with Gasteiger partial charge in [-0.15, -0.1) is 0 Å². The molecule has 0 saturated heterocycles. The minimum Gasteiger partial charge on any atom is -0.365 e. The molecule has 2 aromatic rings. The zero-order valence-electron chi connectivity index (χ0n) is 13.3. The van der Waals surface area contributed by atoms with Crippen LogP contribution < -0.4 is 10.6 Å². The average molecular weight is 282 g/mol. The van der Waals surface area contributed by atoms with Gasteiger partial charge in [-0.1, -0.05) is 49.4 Å². The summed E-state index contributed by atoms with van der Waals surface area (Å²) in [4.78, 5) is 2.41. The zero-order valence-corrected chi connectivity index (χ0v) is 13.3. The third-order valence-corrected chi connectivity index (χ3v) is 3.91. The number of hydrogen-bond donors (Lipinski definition) is 1. The van der Waals surface area contributed by atoms with E-state index in [9.17, 15) is 0 Å². The van der Waals surface area contributed by atoms with Crippen molar-refractivity contribution >= 4 is 5.69 Å². The van der Waals surface area contributed by atoms with Gasteiger partial charge in [-0.2, -0.15) is 0 Å². The topological polar surface area (TPSA) is 29.3 Å². The van der Waals surface area contributed by atoms with Gasteiger partial charge in [0.25, 0.3) is 0 Å². The Kier molecular flexibility index (Phi) is 5.40. The largest absolute Gasteiger partial charge is 0.365 e. The van der Waals surface area contributed by atoms with Gasteiger partial charge in [-0.3, -0.25) is 0 Å². The molecule has 0 aliphatic rings. The van der Waals surface area contributed by atoms with Crippen LogP contribution >= 0.6 is 0 Å². The van der Waals surface area contributed by atoms with E-state index in [1.165, 1.54) is 16.8 Å². The van der Waals surface area contributed by atoms with E-state index in [0.717, 1.165) is 13.0 Å². The quantitative estimate of drug-likeness (QED) is 0.844. The second-order valence-electron chi connectivity index (χ2n) is 5.81. The van der Waals surface area contributed by atoms with Crippen LogP contribution in [0.1, 0.15) is 44.4 Å². The lowest BCUT2D eigenvalue weighted by atomic mass is 10.0. The van der Waals surface area contributed by atoms with Crippen molar-refractivity contribution in [3.63, 3.8) is 0 Å². The van der Waals surface area contributed by atoms with Crippen molar-refractivity contribution in [2.75, 3.05) is 4.90 Å². The molecular weight excluding hydrogens is 256 g/mol. The number of nitrogens with zero attached hydrogens (tertiary/aromatic N) is 1. The van der Waals surface area contributed by atoms with Crippen LogP contribution in [0.5, 0.6) is 0 Å². The van der Waals surface area contributed by atoms with Crippen LogP contribution in [0.3, 0.4) is 0 Å². The molecule has 21 heavy (non-hydrogen) atoms. The highest BCUT2D eigenvalue weighted by molar-refractivity contribution is 5.49. The molecule has 0 aromatic heterocycles. The summed E-state index contributed by atoms with van der Waals surface area (Å²) in [5.74, 6) is 0. The number of benzene rings is 2. The monoisotopic (exact) mass is 282 g/mol. The molecule has 0 radical (unpaired) electrons. The first-order valence-corrected chi connectivity index (χ1v) is 7.78. The summed E-state index contributed by atoms with van der Waals surface area (Å²) in [6.07, 6.45) is 0.970. The van der Waals surface area contributed by atoms with Crippen LogP contribution in [-0.2, 0) is 6.54 Å². The molecular formula is C19H26N2. The molecule has 0 aliphatic heterocycles. The highest BCUT2D eigenvalue weighted by Crippen LogP contribution is 2.23. The van der Waals surface area contributed by atoms with Crippen LogP contribution in [-0.4, -0.2) is 6.04 Å². The van der Waals surface area contributed by atoms with Crippen LogP contribution in [0.15, 0.2) is 54.6 Å². The van der Waals surface area contributed by atoms with E-state index in [1.807, 2.05) is 0 Å². The van der Waals surface area contributed by atoms with E-state index >= 15 is 0 Å². The summed E-state index contributed by atoms with van der Waals surface area (Å²) in [6.45, 7) is 7.51. The molecule has 0 saturated carbocycles. The van der Waals surface area contributed by atoms with Crippen LogP contribution in [0.4, 0.5) is 5.69 Å². The van der Waals surface area contributed by atoms with Gasteiger partial charge in [0.15, 0.2) is 0 Å². The number of nitrogens with two attached hydrogens (primary N) is 1. The lowest BCUT2D eigenvalue weighted by Gasteiger charge is -2.29. The Bertz CT molecular complexity index is 531. The van der Waals surface area contributed by atoms with Gasteiger partial charge in [0.2, 0.25) is 0 Å². The van der Waals surface area contributed by atoms with E-state index in [1.54, 1.807) is 0 Å². The molecule has 0 fully saturated rings. The van der Waals surface area contributed by atoms with Crippen molar-refractivity contribution in [1.82, 2.24) is 0 Å². The first-order chi connectivity index (χ1) is 10.1. The van der Waals surface area contributed by atoms with E-state index < -0.39 is 0 Å². The number of hydrogen-bond acceptors (Lipinski definition) is 2. The normalized spacial score (nSPS) is 12.4. The fraction of sp³-hybridized carbons (Fsp3) is 0.368. The first-order valence-electron chi connectivity index (χ1n) is 7.78. The summed E-state index contributed by atoms with van der Waals surface area (Å²) < 4.78 is 0. The lowest BCUT2D eigenvalue weighted by molar-refractivity contribution is 0.679. The molecule has 1 unspecified atom stereocenters. The summed E-state index contributed by atoms with van der Waals surface area (Å²) in [6, 6.07) is 19.9. The molecule has 112 valence electrons. The van der Waals surface area contributed by atoms with E-state index in [0.29, 0.717) is 6.04 Å². The van der Waals surface area contributed by atoms with Gasteiger partial charge in [-0.25, -0.2) is 0 Å². The van der Waals surface area contributed by atoms with Crippen LogP contribution in [0.25, 0.3) is 0 Å². The Morgan fingerprint density at radius 1 is 0.952 bits per heavy atom. The lowest BCUT2D eigenvalue weighted by Crippen LogP contribution is -2.30. The smallest absolute Gasteiger partial charge is 0.0432 e. The maximum absolute atomic E-state index is 6.09. The Balaban J connectivity index is 2.18. The summed E-state index contributed by atoms with van der Waals surface area (Å²) >= 11 is 0. The minimum atomic E-state index is 0.140. The SMILES string of the molecule is CCC(N)c1ccc(N(Cc2ccccc2)C(C)C)cc1. The fourth-order valence-electron chi connectivity index (χ4n) is 2.50. The fourth-order valence-corrected chi connectivity index (χ4v) is 2.50. The summed E-state index contributed by atoms with van der Waals surface area (Å²) in [5, 5.41) is 0. The Hall–Kier alpha value is -1.80. The Labute approximate surface area is 128 Å². The molecule has 1 atom stereocenters. The second-order valence-corrected chi connectivity index (χ2v) is 5.81. The maximum Gasteiger partial charge on any atom is 0.0432 e. The van der Waals surface area contributed by atoms with Gasteiger partial charge < -0.3 is 10.6 Å². The number of rotatable bonds is 6.